The maximum Gasteiger partial charge on any atom is 0.251 e. The predicted octanol–water partition coefficient (Wildman–Crippen LogP) is 4.74. The summed E-state index contributed by atoms with van der Waals surface area (Å²) in [4.78, 5) is 12.6. The van der Waals surface area contributed by atoms with Crippen LogP contribution in [0.1, 0.15) is 42.2 Å². The monoisotopic (exact) mass is 391 g/mol. The Bertz CT molecular complexity index is 686. The summed E-state index contributed by atoms with van der Waals surface area (Å²) in [5, 5.41) is 3.07. The van der Waals surface area contributed by atoms with Gasteiger partial charge in [-0.05, 0) is 49.2 Å². The van der Waals surface area contributed by atoms with Crippen LogP contribution in [0.25, 0.3) is 0 Å². The molecule has 0 saturated heterocycles. The first kappa shape index (κ1) is 18.3. The molecule has 2 aromatic carbocycles. The van der Waals surface area contributed by atoms with Gasteiger partial charge in [0.15, 0.2) is 11.5 Å². The molecule has 4 nitrogen and oxygen atoms in total. The van der Waals surface area contributed by atoms with Crippen molar-refractivity contribution < 1.29 is 14.3 Å². The molecule has 0 heterocycles. The number of halogens is 1. The van der Waals surface area contributed by atoms with Crippen LogP contribution in [-0.4, -0.2) is 19.6 Å². The average Bonchev–Trinajstić information content (AvgIpc) is 2.60. The maximum atomic E-state index is 12.6. The Balaban J connectivity index is 2.18. The lowest BCUT2D eigenvalue weighted by Crippen LogP contribution is -2.28. The summed E-state index contributed by atoms with van der Waals surface area (Å²) >= 11 is 3.43. The molecule has 0 aliphatic carbocycles. The fourth-order valence-corrected chi connectivity index (χ4v) is 2.71. The minimum absolute atomic E-state index is 0.0387. The largest absolute Gasteiger partial charge is 0.493 e. The van der Waals surface area contributed by atoms with E-state index in [1.165, 1.54) is 0 Å². The van der Waals surface area contributed by atoms with Crippen molar-refractivity contribution in [2.75, 3.05) is 13.7 Å². The van der Waals surface area contributed by atoms with Gasteiger partial charge in [0.1, 0.15) is 0 Å². The van der Waals surface area contributed by atoms with Crippen LogP contribution in [0, 0.1) is 0 Å². The van der Waals surface area contributed by atoms with Crippen LogP contribution in [0.4, 0.5) is 0 Å². The second kappa shape index (κ2) is 8.73. The van der Waals surface area contributed by atoms with E-state index in [0.29, 0.717) is 23.7 Å². The van der Waals surface area contributed by atoms with Crippen LogP contribution in [0.5, 0.6) is 11.5 Å². The van der Waals surface area contributed by atoms with Gasteiger partial charge in [-0.25, -0.2) is 0 Å². The van der Waals surface area contributed by atoms with Gasteiger partial charge >= 0.3 is 0 Å². The van der Waals surface area contributed by atoms with Crippen LogP contribution in [-0.2, 0) is 0 Å². The Kier molecular flexibility index (Phi) is 6.67. The second-order valence-corrected chi connectivity index (χ2v) is 6.20. The molecule has 0 aliphatic heterocycles. The molecule has 0 aliphatic rings. The number of benzene rings is 2. The lowest BCUT2D eigenvalue weighted by atomic mass is 10.0. The lowest BCUT2D eigenvalue weighted by Gasteiger charge is -2.18. The molecule has 2 rings (SSSR count). The van der Waals surface area contributed by atoms with Gasteiger partial charge in [0, 0.05) is 10.0 Å². The van der Waals surface area contributed by atoms with E-state index in [1.807, 2.05) is 38.1 Å². The molecule has 2 aromatic rings. The minimum atomic E-state index is -0.131. The highest BCUT2D eigenvalue weighted by molar-refractivity contribution is 9.10. The number of carbonyl (C=O) groups excluding carboxylic acids is 1. The fraction of sp³-hybridized carbons (Fsp3) is 0.316. The smallest absolute Gasteiger partial charge is 0.251 e. The van der Waals surface area contributed by atoms with E-state index in [9.17, 15) is 4.79 Å². The van der Waals surface area contributed by atoms with Crippen molar-refractivity contribution in [2.45, 2.75) is 26.3 Å². The fourth-order valence-electron chi connectivity index (χ4n) is 2.44. The van der Waals surface area contributed by atoms with Crippen LogP contribution in [0.3, 0.4) is 0 Å². The molecule has 1 atom stereocenters. The van der Waals surface area contributed by atoms with Crippen LogP contribution in [0.15, 0.2) is 46.9 Å². The Morgan fingerprint density at radius 1 is 1.12 bits per heavy atom. The average molecular weight is 392 g/mol. The van der Waals surface area contributed by atoms with E-state index in [0.717, 1.165) is 16.5 Å². The van der Waals surface area contributed by atoms with Gasteiger partial charge in [0.25, 0.3) is 5.91 Å². The Morgan fingerprint density at radius 2 is 1.83 bits per heavy atom. The summed E-state index contributed by atoms with van der Waals surface area (Å²) < 4.78 is 11.8. The van der Waals surface area contributed by atoms with Gasteiger partial charge in [0.05, 0.1) is 19.8 Å². The standard InChI is InChI=1S/C19H22BrNO3/c1-4-16(13-6-9-15(20)10-7-13)21-19(22)14-8-11-17(23-3)18(12-14)24-5-2/h6-12,16H,4-5H2,1-3H3,(H,21,22)/t16-/m1/s1. The molecule has 0 spiro atoms. The third-order valence-corrected chi connectivity index (χ3v) is 4.24. The Morgan fingerprint density at radius 3 is 2.42 bits per heavy atom. The van der Waals surface area contributed by atoms with Crippen molar-refractivity contribution in [3.8, 4) is 11.5 Å². The van der Waals surface area contributed by atoms with Crippen LogP contribution in [0.2, 0.25) is 0 Å². The number of methoxy groups -OCH3 is 1. The number of hydrogen-bond donors (Lipinski definition) is 1. The molecule has 5 heteroatoms. The lowest BCUT2D eigenvalue weighted by molar-refractivity contribution is 0.0935. The van der Waals surface area contributed by atoms with E-state index in [2.05, 4.69) is 21.2 Å². The molecule has 1 amide bonds. The molecule has 0 aromatic heterocycles. The molecule has 0 bridgehead atoms. The Hall–Kier alpha value is -2.01. The molecule has 128 valence electrons. The van der Waals surface area contributed by atoms with Crippen molar-refractivity contribution in [3.05, 3.63) is 58.1 Å². The van der Waals surface area contributed by atoms with Crippen molar-refractivity contribution in [2.24, 2.45) is 0 Å². The van der Waals surface area contributed by atoms with Gasteiger partial charge in [-0.15, -0.1) is 0 Å². The highest BCUT2D eigenvalue weighted by atomic mass is 79.9. The zero-order valence-electron chi connectivity index (χ0n) is 14.1. The van der Waals surface area contributed by atoms with Crippen LogP contribution < -0.4 is 14.8 Å². The van der Waals surface area contributed by atoms with Crippen molar-refractivity contribution in [1.82, 2.24) is 5.32 Å². The molecular formula is C19H22BrNO3. The number of ether oxygens (including phenoxy) is 2. The topological polar surface area (TPSA) is 47.6 Å². The molecular weight excluding hydrogens is 370 g/mol. The number of amides is 1. The number of rotatable bonds is 7. The summed E-state index contributed by atoms with van der Waals surface area (Å²) in [5.41, 5.74) is 1.63. The number of hydrogen-bond acceptors (Lipinski definition) is 3. The third-order valence-electron chi connectivity index (χ3n) is 3.71. The first-order valence-corrected chi connectivity index (χ1v) is 8.75. The highest BCUT2D eigenvalue weighted by Crippen LogP contribution is 2.28. The quantitative estimate of drug-likeness (QED) is 0.741. The summed E-state index contributed by atoms with van der Waals surface area (Å²) in [6, 6.07) is 13.1. The third kappa shape index (κ3) is 4.51. The zero-order chi connectivity index (χ0) is 17.5. The molecule has 0 saturated carbocycles. The number of carbonyl (C=O) groups is 1. The molecule has 0 unspecified atom stereocenters. The minimum Gasteiger partial charge on any atom is -0.493 e. The first-order valence-electron chi connectivity index (χ1n) is 7.96. The SMILES string of the molecule is CCOc1cc(C(=O)N[C@H](CC)c2ccc(Br)cc2)ccc1OC. The first-order chi connectivity index (χ1) is 11.6. The summed E-state index contributed by atoms with van der Waals surface area (Å²) in [7, 11) is 1.58. The zero-order valence-corrected chi connectivity index (χ0v) is 15.7. The highest BCUT2D eigenvalue weighted by Gasteiger charge is 2.16. The van der Waals surface area contributed by atoms with Gasteiger partial charge in [-0.3, -0.25) is 4.79 Å². The molecule has 0 fully saturated rings. The van der Waals surface area contributed by atoms with E-state index in [1.54, 1.807) is 25.3 Å². The van der Waals surface area contributed by atoms with E-state index in [4.69, 9.17) is 9.47 Å². The molecule has 1 N–H and O–H groups in total. The van der Waals surface area contributed by atoms with E-state index < -0.39 is 0 Å². The van der Waals surface area contributed by atoms with Gasteiger partial charge in [-0.2, -0.15) is 0 Å². The second-order valence-electron chi connectivity index (χ2n) is 5.28. The molecule has 24 heavy (non-hydrogen) atoms. The van der Waals surface area contributed by atoms with Crippen molar-refractivity contribution in [1.29, 1.82) is 0 Å². The number of nitrogens with one attached hydrogen (secondary N) is 1. The van der Waals surface area contributed by atoms with Gasteiger partial charge in [0.2, 0.25) is 0 Å². The molecule has 0 radical (unpaired) electrons. The predicted molar refractivity (Wildman–Crippen MR) is 98.8 cm³/mol. The Labute approximate surface area is 151 Å². The van der Waals surface area contributed by atoms with Crippen molar-refractivity contribution in [3.63, 3.8) is 0 Å². The van der Waals surface area contributed by atoms with E-state index >= 15 is 0 Å². The van der Waals surface area contributed by atoms with Gasteiger partial charge in [-0.1, -0.05) is 35.0 Å². The van der Waals surface area contributed by atoms with Crippen molar-refractivity contribution >= 4 is 21.8 Å². The summed E-state index contributed by atoms with van der Waals surface area (Å²) in [6.07, 6.45) is 0.807. The summed E-state index contributed by atoms with van der Waals surface area (Å²) in [6.45, 7) is 4.46. The normalized spacial score (nSPS) is 11.7. The maximum absolute atomic E-state index is 12.6. The summed E-state index contributed by atoms with van der Waals surface area (Å²) in [5.74, 6) is 1.06. The van der Waals surface area contributed by atoms with E-state index in [-0.39, 0.29) is 11.9 Å². The van der Waals surface area contributed by atoms with Crippen LogP contribution >= 0.6 is 15.9 Å². The van der Waals surface area contributed by atoms with Gasteiger partial charge < -0.3 is 14.8 Å².